The van der Waals surface area contributed by atoms with Crippen LogP contribution in [0.2, 0.25) is 0 Å². The van der Waals surface area contributed by atoms with Crippen LogP contribution in [0, 0.1) is 19.8 Å². The van der Waals surface area contributed by atoms with Gasteiger partial charge in [-0.2, -0.15) is 0 Å². The number of hydrogen-bond donors (Lipinski definition) is 2. The predicted octanol–water partition coefficient (Wildman–Crippen LogP) is 4.82. The maximum Gasteiger partial charge on any atom is 0.319 e. The average Bonchev–Trinajstić information content (AvgIpc) is 2.49. The number of para-hydroxylation sites is 1. The summed E-state index contributed by atoms with van der Waals surface area (Å²) >= 11 is 0. The molecule has 1 atom stereocenters. The van der Waals surface area contributed by atoms with Crippen LogP contribution in [-0.4, -0.2) is 6.03 Å². The van der Waals surface area contributed by atoms with Crippen LogP contribution in [0.5, 0.6) is 0 Å². The molecule has 3 nitrogen and oxygen atoms in total. The van der Waals surface area contributed by atoms with Crippen LogP contribution >= 0.6 is 0 Å². The number of amides is 2. The molecule has 0 aliphatic heterocycles. The lowest BCUT2D eigenvalue weighted by Gasteiger charge is -2.23. The second kappa shape index (κ2) is 7.12. The molecule has 0 heterocycles. The molecule has 2 amide bonds. The molecular weight excluding hydrogens is 272 g/mol. The van der Waals surface area contributed by atoms with Gasteiger partial charge in [-0.15, -0.1) is 0 Å². The Bertz CT molecular complexity index is 615. The number of aryl methyl sites for hydroxylation is 2. The molecule has 0 saturated carbocycles. The molecule has 2 rings (SSSR count). The topological polar surface area (TPSA) is 41.1 Å². The summed E-state index contributed by atoms with van der Waals surface area (Å²) in [7, 11) is 0. The van der Waals surface area contributed by atoms with Crippen molar-refractivity contribution in [2.45, 2.75) is 33.7 Å². The maximum atomic E-state index is 12.4. The van der Waals surface area contributed by atoms with Crippen molar-refractivity contribution in [2.24, 2.45) is 5.92 Å². The summed E-state index contributed by atoms with van der Waals surface area (Å²) in [4.78, 5) is 12.4. The molecule has 0 saturated heterocycles. The summed E-state index contributed by atoms with van der Waals surface area (Å²) in [6.07, 6.45) is 0. The second-order valence-corrected chi connectivity index (χ2v) is 6.00. The first-order chi connectivity index (χ1) is 10.5. The van der Waals surface area contributed by atoms with Crippen LogP contribution in [0.1, 0.15) is 36.6 Å². The standard InChI is InChI=1S/C19H24N2O/c1-13(2)17(16-11-6-5-7-12-16)20-19(22)21-18-14(3)9-8-10-15(18)4/h5-13,17H,1-4H3,(H2,20,21,22). The van der Waals surface area contributed by atoms with Gasteiger partial charge < -0.3 is 10.6 Å². The number of anilines is 1. The summed E-state index contributed by atoms with van der Waals surface area (Å²) in [5.74, 6) is 0.311. The lowest BCUT2D eigenvalue weighted by molar-refractivity contribution is 0.244. The Morgan fingerprint density at radius 3 is 2.05 bits per heavy atom. The lowest BCUT2D eigenvalue weighted by atomic mass is 9.96. The van der Waals surface area contributed by atoms with Gasteiger partial charge in [-0.1, -0.05) is 62.4 Å². The minimum atomic E-state index is -0.167. The highest BCUT2D eigenvalue weighted by Gasteiger charge is 2.18. The third-order valence-electron chi connectivity index (χ3n) is 3.83. The molecule has 3 heteroatoms. The van der Waals surface area contributed by atoms with Gasteiger partial charge in [0.05, 0.1) is 6.04 Å². The van der Waals surface area contributed by atoms with Crippen LogP contribution in [-0.2, 0) is 0 Å². The molecule has 2 aromatic carbocycles. The molecule has 116 valence electrons. The van der Waals surface area contributed by atoms with Crippen LogP contribution in [0.25, 0.3) is 0 Å². The molecule has 2 aromatic rings. The van der Waals surface area contributed by atoms with Crippen molar-refractivity contribution in [1.82, 2.24) is 5.32 Å². The van der Waals surface area contributed by atoms with Gasteiger partial charge in [0.25, 0.3) is 0 Å². The zero-order chi connectivity index (χ0) is 16.1. The maximum absolute atomic E-state index is 12.4. The molecule has 1 unspecified atom stereocenters. The van der Waals surface area contributed by atoms with Crippen molar-refractivity contribution < 1.29 is 4.79 Å². The van der Waals surface area contributed by atoms with E-state index in [4.69, 9.17) is 0 Å². The van der Waals surface area contributed by atoms with Gasteiger partial charge in [0, 0.05) is 5.69 Å². The second-order valence-electron chi connectivity index (χ2n) is 6.00. The first kappa shape index (κ1) is 16.1. The van der Waals surface area contributed by atoms with E-state index in [2.05, 4.69) is 24.5 Å². The number of carbonyl (C=O) groups is 1. The molecule has 2 N–H and O–H groups in total. The summed E-state index contributed by atoms with van der Waals surface area (Å²) in [5, 5.41) is 6.07. The van der Waals surface area contributed by atoms with Gasteiger partial charge in [-0.3, -0.25) is 0 Å². The van der Waals surface area contributed by atoms with Gasteiger partial charge in [-0.25, -0.2) is 4.79 Å². The average molecular weight is 296 g/mol. The fourth-order valence-corrected chi connectivity index (χ4v) is 2.60. The minimum Gasteiger partial charge on any atom is -0.331 e. The number of urea groups is 1. The first-order valence-electron chi connectivity index (χ1n) is 7.67. The van der Waals surface area contributed by atoms with E-state index in [-0.39, 0.29) is 12.1 Å². The number of hydrogen-bond acceptors (Lipinski definition) is 1. The zero-order valence-corrected chi connectivity index (χ0v) is 13.7. The van der Waals surface area contributed by atoms with Crippen molar-refractivity contribution in [2.75, 3.05) is 5.32 Å². The smallest absolute Gasteiger partial charge is 0.319 e. The van der Waals surface area contributed by atoms with Gasteiger partial charge >= 0.3 is 6.03 Å². The number of nitrogens with one attached hydrogen (secondary N) is 2. The van der Waals surface area contributed by atoms with E-state index in [1.807, 2.05) is 62.4 Å². The van der Waals surface area contributed by atoms with E-state index in [1.165, 1.54) is 0 Å². The monoisotopic (exact) mass is 296 g/mol. The van der Waals surface area contributed by atoms with Crippen molar-refractivity contribution >= 4 is 11.7 Å². The quantitative estimate of drug-likeness (QED) is 0.834. The normalized spacial score (nSPS) is 12.0. The van der Waals surface area contributed by atoms with E-state index in [0.717, 1.165) is 22.4 Å². The Kier molecular flexibility index (Phi) is 5.21. The van der Waals surface area contributed by atoms with Gasteiger partial charge in [0.1, 0.15) is 0 Å². The van der Waals surface area contributed by atoms with E-state index < -0.39 is 0 Å². The number of rotatable bonds is 4. The highest BCUT2D eigenvalue weighted by atomic mass is 16.2. The molecule has 0 aliphatic rings. The van der Waals surface area contributed by atoms with Crippen LogP contribution in [0.4, 0.5) is 10.5 Å². The Hall–Kier alpha value is -2.29. The molecule has 0 bridgehead atoms. The molecule has 0 spiro atoms. The molecule has 22 heavy (non-hydrogen) atoms. The van der Waals surface area contributed by atoms with E-state index in [9.17, 15) is 4.79 Å². The first-order valence-corrected chi connectivity index (χ1v) is 7.67. The molecule has 0 fully saturated rings. The van der Waals surface area contributed by atoms with Crippen LogP contribution in [0.15, 0.2) is 48.5 Å². The third-order valence-corrected chi connectivity index (χ3v) is 3.83. The molecule has 0 aromatic heterocycles. The van der Waals surface area contributed by atoms with Crippen molar-refractivity contribution in [3.8, 4) is 0 Å². The highest BCUT2D eigenvalue weighted by molar-refractivity contribution is 5.91. The fraction of sp³-hybridized carbons (Fsp3) is 0.316. The van der Waals surface area contributed by atoms with Gasteiger partial charge in [0.2, 0.25) is 0 Å². The Morgan fingerprint density at radius 2 is 1.50 bits per heavy atom. The van der Waals surface area contributed by atoms with Gasteiger partial charge in [0.15, 0.2) is 0 Å². The van der Waals surface area contributed by atoms with E-state index in [0.29, 0.717) is 5.92 Å². The van der Waals surface area contributed by atoms with Crippen LogP contribution in [0.3, 0.4) is 0 Å². The molecule has 0 aliphatic carbocycles. The van der Waals surface area contributed by atoms with Crippen molar-refractivity contribution in [1.29, 1.82) is 0 Å². The Morgan fingerprint density at radius 1 is 0.909 bits per heavy atom. The van der Waals surface area contributed by atoms with E-state index in [1.54, 1.807) is 0 Å². The van der Waals surface area contributed by atoms with Gasteiger partial charge in [-0.05, 0) is 36.5 Å². The zero-order valence-electron chi connectivity index (χ0n) is 13.7. The minimum absolute atomic E-state index is 0.00877. The SMILES string of the molecule is Cc1cccc(C)c1NC(=O)NC(c1ccccc1)C(C)C. The summed E-state index contributed by atoms with van der Waals surface area (Å²) in [6, 6.07) is 15.9. The number of carbonyl (C=O) groups excluding carboxylic acids is 1. The van der Waals surface area contributed by atoms with Crippen LogP contribution < -0.4 is 10.6 Å². The lowest BCUT2D eigenvalue weighted by Crippen LogP contribution is -2.35. The summed E-state index contributed by atoms with van der Waals surface area (Å²) in [5.41, 5.74) is 4.14. The van der Waals surface area contributed by atoms with E-state index >= 15 is 0 Å². The third kappa shape index (κ3) is 3.88. The highest BCUT2D eigenvalue weighted by Crippen LogP contribution is 2.23. The Balaban J connectivity index is 2.13. The number of benzene rings is 2. The predicted molar refractivity (Wildman–Crippen MR) is 92.1 cm³/mol. The van der Waals surface area contributed by atoms with Crippen molar-refractivity contribution in [3.63, 3.8) is 0 Å². The molecule has 0 radical (unpaired) electrons. The fourth-order valence-electron chi connectivity index (χ4n) is 2.60. The molecular formula is C19H24N2O. The largest absolute Gasteiger partial charge is 0.331 e. The Labute approximate surface area is 132 Å². The summed E-state index contributed by atoms with van der Waals surface area (Å²) in [6.45, 7) is 8.22. The van der Waals surface area contributed by atoms with Crippen molar-refractivity contribution in [3.05, 3.63) is 65.2 Å². The summed E-state index contributed by atoms with van der Waals surface area (Å²) < 4.78 is 0.